The van der Waals surface area contributed by atoms with Gasteiger partial charge < -0.3 is 9.47 Å². The van der Waals surface area contributed by atoms with E-state index in [9.17, 15) is 8.42 Å². The van der Waals surface area contributed by atoms with E-state index in [-0.39, 0.29) is 11.0 Å². The van der Waals surface area contributed by atoms with E-state index in [1.165, 1.54) is 4.31 Å². The predicted octanol–water partition coefficient (Wildman–Crippen LogP) is 2.42. The fraction of sp³-hybridized carbons (Fsp3) is 0.500. The Kier molecular flexibility index (Phi) is 6.89. The van der Waals surface area contributed by atoms with Gasteiger partial charge in [-0.15, -0.1) is 16.8 Å². The predicted molar refractivity (Wildman–Crippen MR) is 115 cm³/mol. The van der Waals surface area contributed by atoms with E-state index < -0.39 is 10.0 Å². The molecule has 1 atom stereocenters. The number of benzene rings is 1. The second kappa shape index (κ2) is 9.61. The maximum absolute atomic E-state index is 13.0. The van der Waals surface area contributed by atoms with Crippen LogP contribution >= 0.6 is 11.8 Å². The number of sulfonamides is 1. The molecule has 10 heteroatoms. The molecule has 3 heterocycles. The molecule has 2 aliphatic rings. The topological polar surface area (TPSA) is 86.5 Å². The van der Waals surface area contributed by atoms with Gasteiger partial charge >= 0.3 is 0 Å². The standard InChI is InChI=1S/C20H26N4O4S2/c1-2-8-24-19(21-22-20(24)29-15-17-6-4-11-28-17)16-5-3-7-18(14-16)30(25,26)23-9-12-27-13-10-23/h2-3,5,7,14,17H,1,4,6,8-13,15H2. The molecular weight excluding hydrogens is 424 g/mol. The first-order valence-electron chi connectivity index (χ1n) is 10.1. The number of hydrogen-bond acceptors (Lipinski definition) is 7. The van der Waals surface area contributed by atoms with Crippen LogP contribution in [0.3, 0.4) is 0 Å². The van der Waals surface area contributed by atoms with Crippen LogP contribution < -0.4 is 0 Å². The number of thioether (sulfide) groups is 1. The van der Waals surface area contributed by atoms with Crippen LogP contribution in [0.2, 0.25) is 0 Å². The Labute approximate surface area is 181 Å². The molecule has 1 aromatic heterocycles. The van der Waals surface area contributed by atoms with Crippen LogP contribution in [0.25, 0.3) is 11.4 Å². The third-order valence-electron chi connectivity index (χ3n) is 5.15. The minimum Gasteiger partial charge on any atom is -0.379 e. The highest BCUT2D eigenvalue weighted by atomic mass is 32.2. The van der Waals surface area contributed by atoms with E-state index in [0.29, 0.717) is 44.2 Å². The monoisotopic (exact) mass is 450 g/mol. The summed E-state index contributed by atoms with van der Waals surface area (Å²) in [6, 6.07) is 6.89. The Morgan fingerprint density at radius 2 is 2.07 bits per heavy atom. The van der Waals surface area contributed by atoms with Crippen LogP contribution in [0.5, 0.6) is 0 Å². The highest BCUT2D eigenvalue weighted by Gasteiger charge is 2.27. The zero-order chi connectivity index (χ0) is 21.0. The molecule has 162 valence electrons. The Balaban J connectivity index is 1.60. The second-order valence-corrected chi connectivity index (χ2v) is 10.1. The fourth-order valence-electron chi connectivity index (χ4n) is 3.58. The third kappa shape index (κ3) is 4.62. The van der Waals surface area contributed by atoms with Crippen LogP contribution in [0.4, 0.5) is 0 Å². The van der Waals surface area contributed by atoms with Crippen LogP contribution in [0.15, 0.2) is 47.0 Å². The summed E-state index contributed by atoms with van der Waals surface area (Å²) < 4.78 is 40.5. The van der Waals surface area contributed by atoms with Crippen LogP contribution in [0.1, 0.15) is 12.8 Å². The van der Waals surface area contributed by atoms with Gasteiger partial charge in [0.1, 0.15) is 0 Å². The molecule has 2 aromatic rings. The van der Waals surface area contributed by atoms with Crippen molar-refractivity contribution in [1.82, 2.24) is 19.1 Å². The number of allylic oxidation sites excluding steroid dienone is 1. The van der Waals surface area contributed by atoms with Crippen molar-refractivity contribution in [2.24, 2.45) is 0 Å². The Hall–Kier alpha value is -1.72. The lowest BCUT2D eigenvalue weighted by Crippen LogP contribution is -2.40. The highest BCUT2D eigenvalue weighted by Crippen LogP contribution is 2.28. The number of ether oxygens (including phenoxy) is 2. The van der Waals surface area contributed by atoms with Crippen LogP contribution in [-0.2, 0) is 26.0 Å². The number of nitrogens with zero attached hydrogens (tertiary/aromatic N) is 4. The first-order chi connectivity index (χ1) is 14.6. The quantitative estimate of drug-likeness (QED) is 0.451. The lowest BCUT2D eigenvalue weighted by atomic mass is 10.2. The lowest BCUT2D eigenvalue weighted by Gasteiger charge is -2.26. The smallest absolute Gasteiger partial charge is 0.243 e. The minimum atomic E-state index is -3.58. The summed E-state index contributed by atoms with van der Waals surface area (Å²) >= 11 is 1.61. The van der Waals surface area contributed by atoms with E-state index in [4.69, 9.17) is 9.47 Å². The number of rotatable bonds is 8. The molecule has 0 aliphatic carbocycles. The lowest BCUT2D eigenvalue weighted by molar-refractivity contribution is 0.0730. The molecule has 0 bridgehead atoms. The summed E-state index contributed by atoms with van der Waals surface area (Å²) in [7, 11) is -3.58. The molecule has 0 saturated carbocycles. The van der Waals surface area contributed by atoms with Gasteiger partial charge in [-0.05, 0) is 25.0 Å². The molecule has 30 heavy (non-hydrogen) atoms. The molecule has 8 nitrogen and oxygen atoms in total. The molecule has 1 unspecified atom stereocenters. The number of hydrogen-bond donors (Lipinski definition) is 0. The van der Waals surface area contributed by atoms with Crippen molar-refractivity contribution in [2.45, 2.75) is 35.5 Å². The summed E-state index contributed by atoms with van der Waals surface area (Å²) in [5.41, 5.74) is 0.711. The maximum Gasteiger partial charge on any atom is 0.243 e. The Bertz CT molecular complexity index is 980. The molecule has 0 amide bonds. The average Bonchev–Trinajstić information content (AvgIpc) is 3.43. The van der Waals surface area contributed by atoms with Gasteiger partial charge in [0, 0.05) is 37.6 Å². The maximum atomic E-state index is 13.0. The molecule has 2 saturated heterocycles. The van der Waals surface area contributed by atoms with Crippen LogP contribution in [-0.4, -0.2) is 72.3 Å². The van der Waals surface area contributed by atoms with E-state index in [2.05, 4.69) is 16.8 Å². The molecule has 0 radical (unpaired) electrons. The Morgan fingerprint density at radius 3 is 2.80 bits per heavy atom. The van der Waals surface area contributed by atoms with E-state index >= 15 is 0 Å². The molecule has 2 fully saturated rings. The molecule has 2 aliphatic heterocycles. The summed E-state index contributed by atoms with van der Waals surface area (Å²) in [5.74, 6) is 1.45. The number of aromatic nitrogens is 3. The Morgan fingerprint density at radius 1 is 1.23 bits per heavy atom. The van der Waals surface area contributed by atoms with Gasteiger partial charge in [-0.25, -0.2) is 8.42 Å². The largest absolute Gasteiger partial charge is 0.379 e. The van der Waals surface area contributed by atoms with Crippen molar-refractivity contribution in [3.05, 3.63) is 36.9 Å². The number of morpholine rings is 1. The van der Waals surface area contributed by atoms with Crippen molar-refractivity contribution in [1.29, 1.82) is 0 Å². The average molecular weight is 451 g/mol. The molecule has 0 spiro atoms. The summed E-state index contributed by atoms with van der Waals surface area (Å²) in [6.07, 6.45) is 4.20. The van der Waals surface area contributed by atoms with Gasteiger partial charge in [0.25, 0.3) is 0 Å². The van der Waals surface area contributed by atoms with E-state index in [0.717, 1.165) is 30.4 Å². The second-order valence-electron chi connectivity index (χ2n) is 7.20. The summed E-state index contributed by atoms with van der Waals surface area (Å²) in [5, 5.41) is 9.49. The first kappa shape index (κ1) is 21.5. The zero-order valence-electron chi connectivity index (χ0n) is 16.8. The van der Waals surface area contributed by atoms with E-state index in [1.54, 1.807) is 36.0 Å². The minimum absolute atomic E-state index is 0.245. The van der Waals surface area contributed by atoms with Gasteiger partial charge in [-0.3, -0.25) is 4.57 Å². The van der Waals surface area contributed by atoms with Crippen molar-refractivity contribution in [3.8, 4) is 11.4 Å². The fourth-order valence-corrected chi connectivity index (χ4v) is 6.05. The van der Waals surface area contributed by atoms with Crippen molar-refractivity contribution >= 4 is 21.8 Å². The van der Waals surface area contributed by atoms with Crippen LogP contribution in [0, 0.1) is 0 Å². The molecular formula is C20H26N4O4S2. The third-order valence-corrected chi connectivity index (χ3v) is 8.14. The summed E-state index contributed by atoms with van der Waals surface area (Å²) in [6.45, 7) is 6.76. The normalized spacial score (nSPS) is 20.5. The van der Waals surface area contributed by atoms with Crippen molar-refractivity contribution in [2.75, 3.05) is 38.7 Å². The first-order valence-corrected chi connectivity index (χ1v) is 12.5. The highest BCUT2D eigenvalue weighted by molar-refractivity contribution is 7.99. The molecule has 1 aromatic carbocycles. The van der Waals surface area contributed by atoms with Crippen molar-refractivity contribution < 1.29 is 17.9 Å². The zero-order valence-corrected chi connectivity index (χ0v) is 18.4. The van der Waals surface area contributed by atoms with Gasteiger partial charge in [-0.2, -0.15) is 4.31 Å². The van der Waals surface area contributed by atoms with Gasteiger partial charge in [0.2, 0.25) is 10.0 Å². The van der Waals surface area contributed by atoms with Crippen molar-refractivity contribution in [3.63, 3.8) is 0 Å². The summed E-state index contributed by atoms with van der Waals surface area (Å²) in [4.78, 5) is 0.253. The SMILES string of the molecule is C=CCn1c(SCC2CCCO2)nnc1-c1cccc(S(=O)(=O)N2CCOCC2)c1. The van der Waals surface area contributed by atoms with Gasteiger partial charge in [-0.1, -0.05) is 30.0 Å². The molecule has 0 N–H and O–H groups in total. The van der Waals surface area contributed by atoms with E-state index in [1.807, 2.05) is 10.6 Å². The van der Waals surface area contributed by atoms with Gasteiger partial charge in [0.05, 0.1) is 24.2 Å². The van der Waals surface area contributed by atoms with Gasteiger partial charge in [0.15, 0.2) is 11.0 Å². The molecule has 4 rings (SSSR count).